The fourth-order valence-corrected chi connectivity index (χ4v) is 2.40. The van der Waals surface area contributed by atoms with Gasteiger partial charge in [0, 0.05) is 11.2 Å². The van der Waals surface area contributed by atoms with E-state index >= 15 is 0 Å². The number of nitrogens with one attached hydrogen (secondary N) is 1. The number of rotatable bonds is 4. The standard InChI is InChI=1S/C15H17ClN2/c1-3-11-7-6-10-18-14(11)15(17-2)12-8-4-5-9-13(12)16/h4-10,15,17H,3H2,1-2H3. The molecule has 1 heterocycles. The summed E-state index contributed by atoms with van der Waals surface area (Å²) in [5.74, 6) is 0. The van der Waals surface area contributed by atoms with Crippen LogP contribution in [-0.2, 0) is 6.42 Å². The SMILES string of the molecule is CCc1cccnc1C(NC)c1ccccc1Cl. The minimum absolute atomic E-state index is 0.0369. The van der Waals surface area contributed by atoms with Gasteiger partial charge in [-0.1, -0.05) is 42.8 Å². The van der Waals surface area contributed by atoms with Crippen molar-refractivity contribution in [3.8, 4) is 0 Å². The first-order valence-corrected chi connectivity index (χ1v) is 6.51. The summed E-state index contributed by atoms with van der Waals surface area (Å²) < 4.78 is 0. The first kappa shape index (κ1) is 13.1. The van der Waals surface area contributed by atoms with Gasteiger partial charge >= 0.3 is 0 Å². The van der Waals surface area contributed by atoms with Crippen LogP contribution in [0.1, 0.15) is 29.8 Å². The second-order valence-corrected chi connectivity index (χ2v) is 4.55. The van der Waals surface area contributed by atoms with Crippen molar-refractivity contribution >= 4 is 11.6 Å². The van der Waals surface area contributed by atoms with Crippen molar-refractivity contribution in [1.82, 2.24) is 10.3 Å². The Labute approximate surface area is 113 Å². The lowest BCUT2D eigenvalue weighted by Crippen LogP contribution is -2.20. The van der Waals surface area contributed by atoms with Gasteiger partial charge < -0.3 is 5.32 Å². The number of hydrogen-bond acceptors (Lipinski definition) is 2. The molecule has 0 aliphatic heterocycles. The van der Waals surface area contributed by atoms with Gasteiger partial charge in [0.1, 0.15) is 0 Å². The highest BCUT2D eigenvalue weighted by Crippen LogP contribution is 2.28. The molecule has 0 fully saturated rings. The van der Waals surface area contributed by atoms with Crippen LogP contribution in [0.3, 0.4) is 0 Å². The Kier molecular flexibility index (Phi) is 4.34. The molecule has 2 nitrogen and oxygen atoms in total. The van der Waals surface area contributed by atoms with Crippen molar-refractivity contribution in [3.63, 3.8) is 0 Å². The molecule has 1 aromatic carbocycles. The van der Waals surface area contributed by atoms with Gasteiger partial charge in [0.25, 0.3) is 0 Å². The van der Waals surface area contributed by atoms with E-state index in [2.05, 4.69) is 23.3 Å². The molecule has 0 bridgehead atoms. The Morgan fingerprint density at radius 1 is 1.22 bits per heavy atom. The monoisotopic (exact) mass is 260 g/mol. The second kappa shape index (κ2) is 5.98. The number of halogens is 1. The van der Waals surface area contributed by atoms with Gasteiger partial charge in [-0.3, -0.25) is 4.98 Å². The maximum absolute atomic E-state index is 6.28. The number of pyridine rings is 1. The van der Waals surface area contributed by atoms with Crippen LogP contribution < -0.4 is 5.32 Å². The van der Waals surface area contributed by atoms with E-state index in [1.54, 1.807) is 0 Å². The molecule has 0 aliphatic carbocycles. The fraction of sp³-hybridized carbons (Fsp3) is 0.267. The van der Waals surface area contributed by atoms with Crippen molar-refractivity contribution in [2.75, 3.05) is 7.05 Å². The zero-order chi connectivity index (χ0) is 13.0. The van der Waals surface area contributed by atoms with Gasteiger partial charge in [0.2, 0.25) is 0 Å². The highest BCUT2D eigenvalue weighted by atomic mass is 35.5. The minimum atomic E-state index is 0.0369. The summed E-state index contributed by atoms with van der Waals surface area (Å²) in [4.78, 5) is 4.52. The van der Waals surface area contributed by atoms with Crippen molar-refractivity contribution in [2.24, 2.45) is 0 Å². The summed E-state index contributed by atoms with van der Waals surface area (Å²) in [7, 11) is 1.93. The average molecular weight is 261 g/mol. The fourth-order valence-electron chi connectivity index (χ4n) is 2.16. The van der Waals surface area contributed by atoms with Crippen molar-refractivity contribution < 1.29 is 0 Å². The molecule has 0 aliphatic rings. The lowest BCUT2D eigenvalue weighted by Gasteiger charge is -2.20. The Hall–Kier alpha value is -1.38. The van der Waals surface area contributed by atoms with Crippen LogP contribution in [-0.4, -0.2) is 12.0 Å². The van der Waals surface area contributed by atoms with Gasteiger partial charge in [0.15, 0.2) is 0 Å². The van der Waals surface area contributed by atoms with Gasteiger partial charge in [-0.15, -0.1) is 0 Å². The molecule has 0 radical (unpaired) electrons. The molecule has 0 spiro atoms. The number of aromatic nitrogens is 1. The third-order valence-electron chi connectivity index (χ3n) is 3.09. The second-order valence-electron chi connectivity index (χ2n) is 4.14. The third kappa shape index (κ3) is 2.55. The van der Waals surface area contributed by atoms with Crippen LogP contribution in [0.4, 0.5) is 0 Å². The summed E-state index contributed by atoms with van der Waals surface area (Å²) in [5.41, 5.74) is 3.36. The van der Waals surface area contributed by atoms with Crippen molar-refractivity contribution in [3.05, 3.63) is 64.4 Å². The lowest BCUT2D eigenvalue weighted by atomic mass is 9.98. The molecular weight excluding hydrogens is 244 g/mol. The van der Waals surface area contributed by atoms with Crippen molar-refractivity contribution in [1.29, 1.82) is 0 Å². The minimum Gasteiger partial charge on any atom is -0.308 e. The first-order valence-electron chi connectivity index (χ1n) is 6.13. The largest absolute Gasteiger partial charge is 0.308 e. The highest BCUT2D eigenvalue weighted by Gasteiger charge is 2.18. The summed E-state index contributed by atoms with van der Waals surface area (Å²) >= 11 is 6.28. The lowest BCUT2D eigenvalue weighted by molar-refractivity contribution is 0.662. The number of benzene rings is 1. The molecule has 2 aromatic rings. The van der Waals surface area contributed by atoms with E-state index in [9.17, 15) is 0 Å². The third-order valence-corrected chi connectivity index (χ3v) is 3.43. The Bertz CT molecular complexity index is 525. The molecule has 18 heavy (non-hydrogen) atoms. The molecule has 2 rings (SSSR count). The van der Waals surface area contributed by atoms with Crippen LogP contribution in [0.2, 0.25) is 5.02 Å². The summed E-state index contributed by atoms with van der Waals surface area (Å²) in [6.07, 6.45) is 2.79. The van der Waals surface area contributed by atoms with E-state index < -0.39 is 0 Å². The van der Waals surface area contributed by atoms with E-state index in [-0.39, 0.29) is 6.04 Å². The number of aryl methyl sites for hydroxylation is 1. The molecule has 3 heteroatoms. The highest BCUT2D eigenvalue weighted by molar-refractivity contribution is 6.31. The Balaban J connectivity index is 2.49. The number of hydrogen-bond donors (Lipinski definition) is 1. The average Bonchev–Trinajstić information content (AvgIpc) is 2.42. The van der Waals surface area contributed by atoms with Crippen LogP contribution in [0, 0.1) is 0 Å². The molecule has 94 valence electrons. The summed E-state index contributed by atoms with van der Waals surface area (Å²) in [5, 5.41) is 4.07. The molecule has 0 saturated carbocycles. The van der Waals surface area contributed by atoms with Gasteiger partial charge in [-0.05, 0) is 36.7 Å². The molecule has 1 atom stereocenters. The Morgan fingerprint density at radius 2 is 2.00 bits per heavy atom. The maximum atomic E-state index is 6.28. The molecule has 0 amide bonds. The zero-order valence-corrected chi connectivity index (χ0v) is 11.4. The quantitative estimate of drug-likeness (QED) is 0.909. The maximum Gasteiger partial charge on any atom is 0.0766 e. The molecule has 1 N–H and O–H groups in total. The zero-order valence-electron chi connectivity index (χ0n) is 10.7. The number of nitrogens with zero attached hydrogens (tertiary/aromatic N) is 1. The van der Waals surface area contributed by atoms with E-state index in [4.69, 9.17) is 11.6 Å². The van der Waals surface area contributed by atoms with E-state index in [1.807, 2.05) is 43.6 Å². The summed E-state index contributed by atoms with van der Waals surface area (Å²) in [6, 6.07) is 12.0. The summed E-state index contributed by atoms with van der Waals surface area (Å²) in [6.45, 7) is 2.14. The van der Waals surface area contributed by atoms with Crippen LogP contribution in [0.15, 0.2) is 42.6 Å². The van der Waals surface area contributed by atoms with Gasteiger partial charge in [-0.2, -0.15) is 0 Å². The predicted molar refractivity (Wildman–Crippen MR) is 76.0 cm³/mol. The Morgan fingerprint density at radius 3 is 2.67 bits per heavy atom. The van der Waals surface area contributed by atoms with Crippen LogP contribution >= 0.6 is 11.6 Å². The van der Waals surface area contributed by atoms with Crippen molar-refractivity contribution in [2.45, 2.75) is 19.4 Å². The normalized spacial score (nSPS) is 12.4. The van der Waals surface area contributed by atoms with Crippen LogP contribution in [0.25, 0.3) is 0 Å². The van der Waals surface area contributed by atoms with E-state index in [0.29, 0.717) is 0 Å². The smallest absolute Gasteiger partial charge is 0.0766 e. The van der Waals surface area contributed by atoms with E-state index in [1.165, 1.54) is 5.56 Å². The predicted octanol–water partition coefficient (Wildman–Crippen LogP) is 3.61. The topological polar surface area (TPSA) is 24.9 Å². The molecular formula is C15H17ClN2. The van der Waals surface area contributed by atoms with Gasteiger partial charge in [0.05, 0.1) is 11.7 Å². The van der Waals surface area contributed by atoms with Crippen LogP contribution in [0.5, 0.6) is 0 Å². The molecule has 1 unspecified atom stereocenters. The van der Waals surface area contributed by atoms with Gasteiger partial charge in [-0.25, -0.2) is 0 Å². The van der Waals surface area contributed by atoms with E-state index in [0.717, 1.165) is 22.7 Å². The first-order chi connectivity index (χ1) is 8.77. The molecule has 1 aromatic heterocycles. The molecule has 0 saturated heterocycles.